The van der Waals surface area contributed by atoms with Crippen LogP contribution in [0.15, 0.2) is 0 Å². The molecule has 4 heteroatoms. The molecule has 0 aromatic rings. The third-order valence-electron chi connectivity index (χ3n) is 5.44. The molecule has 3 N–H and O–H groups in total. The van der Waals surface area contributed by atoms with Crippen LogP contribution >= 0.6 is 0 Å². The first-order valence-electron chi connectivity index (χ1n) is 11.9. The zero-order chi connectivity index (χ0) is 20.0. The quantitative estimate of drug-likeness (QED) is 0.231. The molecule has 0 saturated heterocycles. The van der Waals surface area contributed by atoms with Gasteiger partial charge in [-0.1, -0.05) is 103 Å². The smallest absolute Gasteiger partial charge is 0.0667 e. The molecule has 0 rings (SSSR count). The highest BCUT2D eigenvalue weighted by atomic mass is 16.3. The molecule has 0 saturated carbocycles. The Labute approximate surface area is 169 Å². The van der Waals surface area contributed by atoms with Crippen LogP contribution in [0.5, 0.6) is 0 Å². The van der Waals surface area contributed by atoms with Crippen LogP contribution < -0.4 is 0 Å². The van der Waals surface area contributed by atoms with Crippen LogP contribution in [0.2, 0.25) is 0 Å². The van der Waals surface area contributed by atoms with Crippen LogP contribution in [0.4, 0.5) is 0 Å². The standard InChI is InChI=1S/C23H49NO3/c1-2-3-4-5-6-7-8-9-10-11-12-13-14-15-16-17-23(27)22-24(18-20-25)19-21-26/h23,25-27H,2-22H2,1H3. The van der Waals surface area contributed by atoms with Crippen molar-refractivity contribution in [3.05, 3.63) is 0 Å². The van der Waals surface area contributed by atoms with E-state index in [0.717, 1.165) is 12.8 Å². The second kappa shape index (κ2) is 22.1. The first-order chi connectivity index (χ1) is 13.2. The summed E-state index contributed by atoms with van der Waals surface area (Å²) in [5.41, 5.74) is 0. The second-order valence-electron chi connectivity index (χ2n) is 8.14. The van der Waals surface area contributed by atoms with Crippen LogP contribution in [0.25, 0.3) is 0 Å². The van der Waals surface area contributed by atoms with Crippen molar-refractivity contribution in [1.29, 1.82) is 0 Å². The van der Waals surface area contributed by atoms with Gasteiger partial charge in [-0.05, 0) is 6.42 Å². The van der Waals surface area contributed by atoms with E-state index in [1.165, 1.54) is 89.9 Å². The molecule has 0 amide bonds. The molecule has 0 aromatic carbocycles. The van der Waals surface area contributed by atoms with Gasteiger partial charge in [0.1, 0.15) is 0 Å². The third kappa shape index (κ3) is 20.4. The van der Waals surface area contributed by atoms with E-state index in [2.05, 4.69) is 6.92 Å². The molecule has 0 radical (unpaired) electrons. The Kier molecular flexibility index (Phi) is 22.0. The van der Waals surface area contributed by atoms with E-state index in [1.807, 2.05) is 4.90 Å². The van der Waals surface area contributed by atoms with Gasteiger partial charge >= 0.3 is 0 Å². The third-order valence-corrected chi connectivity index (χ3v) is 5.44. The van der Waals surface area contributed by atoms with E-state index < -0.39 is 0 Å². The molecule has 0 heterocycles. The Morgan fingerprint density at radius 2 is 0.963 bits per heavy atom. The summed E-state index contributed by atoms with van der Waals surface area (Å²) in [4.78, 5) is 1.93. The molecular weight excluding hydrogens is 338 g/mol. The van der Waals surface area contributed by atoms with Gasteiger partial charge in [-0.25, -0.2) is 0 Å². The summed E-state index contributed by atoms with van der Waals surface area (Å²) in [6.07, 6.45) is 20.8. The van der Waals surface area contributed by atoms with Gasteiger partial charge in [0.2, 0.25) is 0 Å². The predicted molar refractivity (Wildman–Crippen MR) is 116 cm³/mol. The molecule has 0 aliphatic rings. The molecule has 4 nitrogen and oxygen atoms in total. The number of hydrogen-bond donors (Lipinski definition) is 3. The van der Waals surface area contributed by atoms with Crippen LogP contribution in [-0.2, 0) is 0 Å². The lowest BCUT2D eigenvalue weighted by molar-refractivity contribution is 0.0809. The number of aliphatic hydroxyl groups excluding tert-OH is 3. The van der Waals surface area contributed by atoms with Gasteiger partial charge in [0, 0.05) is 19.6 Å². The fourth-order valence-electron chi connectivity index (χ4n) is 3.72. The van der Waals surface area contributed by atoms with Crippen molar-refractivity contribution in [3.63, 3.8) is 0 Å². The minimum atomic E-state index is -0.343. The molecular formula is C23H49NO3. The van der Waals surface area contributed by atoms with Gasteiger partial charge in [0.05, 0.1) is 19.3 Å². The summed E-state index contributed by atoms with van der Waals surface area (Å²) >= 11 is 0. The predicted octanol–water partition coefficient (Wildman–Crippen LogP) is 4.90. The zero-order valence-electron chi connectivity index (χ0n) is 18.2. The van der Waals surface area contributed by atoms with Gasteiger partial charge in [-0.3, -0.25) is 4.90 Å². The van der Waals surface area contributed by atoms with Gasteiger partial charge in [-0.15, -0.1) is 0 Å². The highest BCUT2D eigenvalue weighted by Gasteiger charge is 2.10. The first kappa shape index (κ1) is 26.8. The molecule has 1 atom stereocenters. The van der Waals surface area contributed by atoms with Crippen LogP contribution in [0.3, 0.4) is 0 Å². The number of rotatable bonds is 22. The molecule has 0 spiro atoms. The van der Waals surface area contributed by atoms with Crippen molar-refractivity contribution in [2.45, 2.75) is 116 Å². The van der Waals surface area contributed by atoms with Gasteiger partial charge in [0.25, 0.3) is 0 Å². The summed E-state index contributed by atoms with van der Waals surface area (Å²) in [6, 6.07) is 0. The Bertz CT molecular complexity index is 270. The van der Waals surface area contributed by atoms with Crippen molar-refractivity contribution < 1.29 is 15.3 Å². The van der Waals surface area contributed by atoms with Gasteiger partial charge in [0.15, 0.2) is 0 Å². The normalized spacial score (nSPS) is 12.8. The van der Waals surface area contributed by atoms with Crippen molar-refractivity contribution in [1.82, 2.24) is 4.90 Å². The number of aliphatic hydroxyl groups is 3. The fourth-order valence-corrected chi connectivity index (χ4v) is 3.72. The van der Waals surface area contributed by atoms with E-state index in [0.29, 0.717) is 19.6 Å². The Morgan fingerprint density at radius 1 is 0.593 bits per heavy atom. The van der Waals surface area contributed by atoms with E-state index in [4.69, 9.17) is 10.2 Å². The molecule has 1 unspecified atom stereocenters. The molecule has 27 heavy (non-hydrogen) atoms. The highest BCUT2D eigenvalue weighted by Crippen LogP contribution is 2.14. The number of unbranched alkanes of at least 4 members (excludes halogenated alkanes) is 14. The summed E-state index contributed by atoms with van der Waals surface area (Å²) < 4.78 is 0. The second-order valence-corrected chi connectivity index (χ2v) is 8.14. The maximum atomic E-state index is 10.1. The first-order valence-corrected chi connectivity index (χ1v) is 11.9. The van der Waals surface area contributed by atoms with Gasteiger partial charge < -0.3 is 15.3 Å². The van der Waals surface area contributed by atoms with Crippen LogP contribution in [0, 0.1) is 0 Å². The average Bonchev–Trinajstić information content (AvgIpc) is 2.65. The van der Waals surface area contributed by atoms with Gasteiger partial charge in [-0.2, -0.15) is 0 Å². The largest absolute Gasteiger partial charge is 0.395 e. The molecule has 0 aromatic heterocycles. The lowest BCUT2D eigenvalue weighted by atomic mass is 10.0. The molecule has 164 valence electrons. The SMILES string of the molecule is CCCCCCCCCCCCCCCCCC(O)CN(CCO)CCO. The molecule has 0 aliphatic heterocycles. The van der Waals surface area contributed by atoms with Crippen LogP contribution in [-0.4, -0.2) is 59.2 Å². The topological polar surface area (TPSA) is 63.9 Å². The van der Waals surface area contributed by atoms with E-state index in [-0.39, 0.29) is 19.3 Å². The highest BCUT2D eigenvalue weighted by molar-refractivity contribution is 4.64. The summed E-state index contributed by atoms with van der Waals surface area (Å²) in [5, 5.41) is 28.0. The monoisotopic (exact) mass is 387 g/mol. The Morgan fingerprint density at radius 3 is 1.33 bits per heavy atom. The summed E-state index contributed by atoms with van der Waals surface area (Å²) in [5.74, 6) is 0. The van der Waals surface area contributed by atoms with Crippen LogP contribution in [0.1, 0.15) is 110 Å². The van der Waals surface area contributed by atoms with Crippen molar-refractivity contribution in [2.75, 3.05) is 32.8 Å². The molecule has 0 bridgehead atoms. The number of nitrogens with zero attached hydrogens (tertiary/aromatic N) is 1. The van der Waals surface area contributed by atoms with E-state index in [9.17, 15) is 5.11 Å². The van der Waals surface area contributed by atoms with E-state index in [1.54, 1.807) is 0 Å². The minimum absolute atomic E-state index is 0.0751. The Balaban J connectivity index is 3.28. The van der Waals surface area contributed by atoms with Crippen molar-refractivity contribution in [3.8, 4) is 0 Å². The molecule has 0 aliphatic carbocycles. The maximum absolute atomic E-state index is 10.1. The fraction of sp³-hybridized carbons (Fsp3) is 1.00. The Hall–Kier alpha value is -0.160. The van der Waals surface area contributed by atoms with Crippen molar-refractivity contribution >= 4 is 0 Å². The lowest BCUT2D eigenvalue weighted by Gasteiger charge is -2.23. The van der Waals surface area contributed by atoms with E-state index >= 15 is 0 Å². The summed E-state index contributed by atoms with van der Waals surface area (Å²) in [6.45, 7) is 4.03. The maximum Gasteiger partial charge on any atom is 0.0667 e. The number of hydrogen-bond acceptors (Lipinski definition) is 4. The molecule has 0 fully saturated rings. The lowest BCUT2D eigenvalue weighted by Crippen LogP contribution is -2.36. The minimum Gasteiger partial charge on any atom is -0.395 e. The zero-order valence-corrected chi connectivity index (χ0v) is 18.2. The van der Waals surface area contributed by atoms with Crippen molar-refractivity contribution in [2.24, 2.45) is 0 Å². The summed E-state index contributed by atoms with van der Waals surface area (Å²) in [7, 11) is 0. The average molecular weight is 388 g/mol.